The number of aromatic nitrogens is 1. The van der Waals surface area contributed by atoms with Crippen molar-refractivity contribution in [3.8, 4) is 5.75 Å². The number of hydrogen-bond donors (Lipinski definition) is 2. The van der Waals surface area contributed by atoms with Gasteiger partial charge in [-0.25, -0.2) is 0 Å². The van der Waals surface area contributed by atoms with E-state index in [2.05, 4.69) is 11.9 Å². The number of unbranched alkanes of at least 4 members (excludes halogenated alkanes) is 2. The predicted molar refractivity (Wildman–Crippen MR) is 125 cm³/mol. The maximum absolute atomic E-state index is 13.2. The van der Waals surface area contributed by atoms with E-state index in [0.29, 0.717) is 12.3 Å². The van der Waals surface area contributed by atoms with Crippen LogP contribution in [0.15, 0.2) is 54.2 Å². The highest BCUT2D eigenvalue weighted by molar-refractivity contribution is 6.47. The van der Waals surface area contributed by atoms with Crippen molar-refractivity contribution in [3.63, 3.8) is 0 Å². The van der Waals surface area contributed by atoms with Gasteiger partial charge in [-0.05, 0) is 30.7 Å². The van der Waals surface area contributed by atoms with Crippen LogP contribution in [0.4, 0.5) is 0 Å². The number of ether oxygens (including phenoxy) is 1. The van der Waals surface area contributed by atoms with Gasteiger partial charge in [-0.2, -0.15) is 0 Å². The number of aliphatic hydroxyl groups excluding tert-OH is 1. The standard InChI is InChI=1S/C25H25ClN2O4/c1-3-4-7-12-28-22(18-14-27-20-9-6-5-8-16(18)20)21(24(30)25(28)31)23(29)17-13-15(32-2)10-11-19(17)26/h5-6,8-11,13-14,22,27,29H,3-4,7,12H2,1-2H3/b23-21+. The smallest absolute Gasteiger partial charge is 0.295 e. The number of nitrogens with zero attached hydrogens (tertiary/aromatic N) is 1. The molecule has 6 nitrogen and oxygen atoms in total. The Bertz CT molecular complexity index is 1210. The lowest BCUT2D eigenvalue weighted by Gasteiger charge is -2.25. The molecule has 1 aliphatic rings. The first-order valence-corrected chi connectivity index (χ1v) is 11.0. The molecular weight excluding hydrogens is 428 g/mol. The molecule has 1 fully saturated rings. The van der Waals surface area contributed by atoms with E-state index in [1.165, 1.54) is 7.11 Å². The minimum Gasteiger partial charge on any atom is -0.507 e. The van der Waals surface area contributed by atoms with Crippen molar-refractivity contribution >= 4 is 40.0 Å². The number of hydrogen-bond acceptors (Lipinski definition) is 4. The summed E-state index contributed by atoms with van der Waals surface area (Å²) in [5.74, 6) is -1.15. The first-order chi connectivity index (χ1) is 15.5. The lowest BCUT2D eigenvalue weighted by molar-refractivity contribution is -0.139. The van der Waals surface area contributed by atoms with Crippen LogP contribution < -0.4 is 4.74 Å². The van der Waals surface area contributed by atoms with Gasteiger partial charge in [-0.15, -0.1) is 0 Å². The number of aromatic amines is 1. The van der Waals surface area contributed by atoms with Gasteiger partial charge in [-0.3, -0.25) is 9.59 Å². The van der Waals surface area contributed by atoms with Crippen molar-refractivity contribution in [2.45, 2.75) is 32.2 Å². The number of methoxy groups -OCH3 is 1. The topological polar surface area (TPSA) is 82.6 Å². The third-order valence-electron chi connectivity index (χ3n) is 5.89. The Kier molecular flexibility index (Phi) is 6.24. The van der Waals surface area contributed by atoms with E-state index in [1.54, 1.807) is 29.3 Å². The fourth-order valence-electron chi connectivity index (χ4n) is 4.24. The molecule has 0 spiro atoms. The maximum atomic E-state index is 13.2. The molecule has 0 aliphatic carbocycles. The number of aliphatic hydroxyl groups is 1. The number of amides is 1. The largest absolute Gasteiger partial charge is 0.507 e. The molecule has 1 aromatic heterocycles. The highest BCUT2D eigenvalue weighted by Gasteiger charge is 2.46. The summed E-state index contributed by atoms with van der Waals surface area (Å²) in [5, 5.41) is 12.4. The van der Waals surface area contributed by atoms with Crippen molar-refractivity contribution in [1.29, 1.82) is 0 Å². The molecule has 2 N–H and O–H groups in total. The van der Waals surface area contributed by atoms with Gasteiger partial charge in [0, 0.05) is 34.8 Å². The second kappa shape index (κ2) is 9.09. The minimum atomic E-state index is -0.717. The van der Waals surface area contributed by atoms with Crippen LogP contribution in [0.2, 0.25) is 5.02 Å². The molecule has 166 valence electrons. The Hall–Kier alpha value is -3.25. The Morgan fingerprint density at radius 1 is 1.19 bits per heavy atom. The molecule has 2 heterocycles. The van der Waals surface area contributed by atoms with Crippen molar-refractivity contribution < 1.29 is 19.4 Å². The van der Waals surface area contributed by atoms with Crippen LogP contribution in [0, 0.1) is 0 Å². The third-order valence-corrected chi connectivity index (χ3v) is 6.22. The van der Waals surface area contributed by atoms with E-state index in [1.807, 2.05) is 24.3 Å². The van der Waals surface area contributed by atoms with Gasteiger partial charge in [0.25, 0.3) is 11.7 Å². The highest BCUT2D eigenvalue weighted by Crippen LogP contribution is 2.43. The predicted octanol–water partition coefficient (Wildman–Crippen LogP) is 5.44. The zero-order valence-electron chi connectivity index (χ0n) is 18.0. The fraction of sp³-hybridized carbons (Fsp3) is 0.280. The third kappa shape index (κ3) is 3.75. The van der Waals surface area contributed by atoms with Crippen molar-refractivity contribution in [2.75, 3.05) is 13.7 Å². The molecule has 1 aliphatic heterocycles. The SMILES string of the molecule is CCCCCN1C(=O)C(=O)/C(=C(/O)c2cc(OC)ccc2Cl)C1c1c[nH]c2ccccc12. The molecule has 1 saturated heterocycles. The number of H-pyrrole nitrogens is 1. The number of carbonyl (C=O) groups excluding carboxylic acids is 2. The van der Waals surface area contributed by atoms with Gasteiger partial charge < -0.3 is 19.7 Å². The molecule has 32 heavy (non-hydrogen) atoms. The zero-order chi connectivity index (χ0) is 22.8. The first kappa shape index (κ1) is 22.0. The number of benzene rings is 2. The molecule has 4 rings (SSSR count). The summed E-state index contributed by atoms with van der Waals surface area (Å²) in [6, 6.07) is 11.8. The van der Waals surface area contributed by atoms with Crippen LogP contribution in [-0.2, 0) is 9.59 Å². The molecule has 0 saturated carbocycles. The quantitative estimate of drug-likeness (QED) is 0.216. The molecule has 2 aromatic carbocycles. The average molecular weight is 453 g/mol. The molecule has 1 unspecified atom stereocenters. The minimum absolute atomic E-state index is 0.0337. The molecule has 1 amide bonds. The van der Waals surface area contributed by atoms with E-state index in [4.69, 9.17) is 16.3 Å². The summed E-state index contributed by atoms with van der Waals surface area (Å²) in [7, 11) is 1.51. The van der Waals surface area contributed by atoms with Crippen LogP contribution in [0.5, 0.6) is 5.75 Å². The molecule has 0 radical (unpaired) electrons. The van der Waals surface area contributed by atoms with Crippen LogP contribution in [0.1, 0.15) is 43.4 Å². The van der Waals surface area contributed by atoms with Crippen molar-refractivity contribution in [3.05, 3.63) is 70.4 Å². The summed E-state index contributed by atoms with van der Waals surface area (Å²) in [6.07, 6.45) is 4.49. The van der Waals surface area contributed by atoms with Crippen LogP contribution in [0.25, 0.3) is 16.7 Å². The van der Waals surface area contributed by atoms with E-state index in [9.17, 15) is 14.7 Å². The average Bonchev–Trinajstić information content (AvgIpc) is 3.33. The fourth-order valence-corrected chi connectivity index (χ4v) is 4.45. The normalized spacial score (nSPS) is 18.0. The van der Waals surface area contributed by atoms with Crippen LogP contribution >= 0.6 is 11.6 Å². The number of Topliss-reactive ketones (excluding diaryl/α,β-unsaturated/α-hetero) is 1. The Labute approximate surface area is 191 Å². The number of nitrogens with one attached hydrogen (secondary N) is 1. The van der Waals surface area contributed by atoms with Crippen LogP contribution in [-0.4, -0.2) is 40.3 Å². The Balaban J connectivity index is 1.92. The molecule has 7 heteroatoms. The van der Waals surface area contributed by atoms with Gasteiger partial charge in [0.15, 0.2) is 0 Å². The lowest BCUT2D eigenvalue weighted by Crippen LogP contribution is -2.30. The van der Waals surface area contributed by atoms with E-state index >= 15 is 0 Å². The summed E-state index contributed by atoms with van der Waals surface area (Å²) < 4.78 is 5.25. The van der Waals surface area contributed by atoms with Gasteiger partial charge in [0.2, 0.25) is 0 Å². The number of halogens is 1. The lowest BCUT2D eigenvalue weighted by atomic mass is 9.94. The van der Waals surface area contributed by atoms with E-state index in [0.717, 1.165) is 35.7 Å². The van der Waals surface area contributed by atoms with Gasteiger partial charge >= 0.3 is 0 Å². The Morgan fingerprint density at radius 2 is 1.97 bits per heavy atom. The van der Waals surface area contributed by atoms with Crippen molar-refractivity contribution in [1.82, 2.24) is 9.88 Å². The summed E-state index contributed by atoms with van der Waals surface area (Å²) in [4.78, 5) is 31.0. The summed E-state index contributed by atoms with van der Waals surface area (Å²) >= 11 is 6.35. The van der Waals surface area contributed by atoms with Gasteiger partial charge in [-0.1, -0.05) is 49.6 Å². The molecular formula is C25H25ClN2O4. The second-order valence-corrected chi connectivity index (χ2v) is 8.24. The van der Waals surface area contributed by atoms with E-state index in [-0.39, 0.29) is 21.9 Å². The van der Waals surface area contributed by atoms with Gasteiger partial charge in [0.05, 0.1) is 23.7 Å². The number of rotatable bonds is 7. The summed E-state index contributed by atoms with van der Waals surface area (Å²) in [6.45, 7) is 2.50. The second-order valence-electron chi connectivity index (χ2n) is 7.83. The number of likely N-dealkylation sites (tertiary alicyclic amines) is 1. The zero-order valence-corrected chi connectivity index (χ0v) is 18.8. The monoisotopic (exact) mass is 452 g/mol. The number of fused-ring (bicyclic) bond motifs is 1. The molecule has 3 aromatic rings. The van der Waals surface area contributed by atoms with Crippen molar-refractivity contribution in [2.24, 2.45) is 0 Å². The molecule has 1 atom stereocenters. The Morgan fingerprint density at radius 3 is 2.72 bits per heavy atom. The number of para-hydroxylation sites is 1. The van der Waals surface area contributed by atoms with E-state index < -0.39 is 17.7 Å². The number of ketones is 1. The maximum Gasteiger partial charge on any atom is 0.295 e. The number of carbonyl (C=O) groups is 2. The van der Waals surface area contributed by atoms with Gasteiger partial charge in [0.1, 0.15) is 11.5 Å². The summed E-state index contributed by atoms with van der Waals surface area (Å²) in [5.41, 5.74) is 1.94. The van der Waals surface area contributed by atoms with Crippen LogP contribution in [0.3, 0.4) is 0 Å². The molecule has 0 bridgehead atoms. The first-order valence-electron chi connectivity index (χ1n) is 10.7. The highest BCUT2D eigenvalue weighted by atomic mass is 35.5.